The maximum atomic E-state index is 6.17. The third kappa shape index (κ3) is 2.06. The van der Waals surface area contributed by atoms with Crippen LogP contribution >= 0.6 is 0 Å². The van der Waals surface area contributed by atoms with Crippen LogP contribution in [0, 0.1) is 0 Å². The number of ether oxygens (including phenoxy) is 1. The highest BCUT2D eigenvalue weighted by atomic mass is 16.7. The van der Waals surface area contributed by atoms with Crippen molar-refractivity contribution in [2.45, 2.75) is 57.8 Å². The van der Waals surface area contributed by atoms with E-state index in [1.807, 2.05) is 0 Å². The topological polar surface area (TPSA) is 30.9 Å². The van der Waals surface area contributed by atoms with E-state index in [-0.39, 0.29) is 18.3 Å². The molecule has 3 aliphatic rings. The van der Waals surface area contributed by atoms with Gasteiger partial charge in [-0.1, -0.05) is 6.07 Å². The summed E-state index contributed by atoms with van der Waals surface area (Å²) in [6, 6.07) is 6.84. The highest BCUT2D eigenvalue weighted by molar-refractivity contribution is 6.62. The minimum atomic E-state index is -0.307. The second kappa shape index (κ2) is 4.65. The molecule has 4 nitrogen and oxygen atoms in total. The zero-order chi connectivity index (χ0) is 15.5. The van der Waals surface area contributed by atoms with E-state index in [1.165, 1.54) is 18.5 Å². The third-order valence-corrected chi connectivity index (χ3v) is 5.63. The summed E-state index contributed by atoms with van der Waals surface area (Å²) in [6.45, 7) is 10.3. The molecule has 2 fully saturated rings. The van der Waals surface area contributed by atoms with Gasteiger partial charge in [0.1, 0.15) is 12.4 Å². The molecule has 0 aromatic heterocycles. The van der Waals surface area contributed by atoms with Crippen LogP contribution in [0.25, 0.3) is 0 Å². The summed E-state index contributed by atoms with van der Waals surface area (Å²) in [6.07, 6.45) is 2.47. The number of fused-ring (bicyclic) bond motifs is 3. The molecule has 0 N–H and O–H groups in total. The van der Waals surface area contributed by atoms with Crippen LogP contribution in [0.2, 0.25) is 0 Å². The van der Waals surface area contributed by atoms with Crippen molar-refractivity contribution in [1.29, 1.82) is 0 Å². The molecule has 0 saturated carbocycles. The summed E-state index contributed by atoms with van der Waals surface area (Å²) >= 11 is 0. The Morgan fingerprint density at radius 2 is 1.86 bits per heavy atom. The summed E-state index contributed by atoms with van der Waals surface area (Å²) in [5, 5.41) is 0. The molecule has 1 unspecified atom stereocenters. The molecule has 1 atom stereocenters. The predicted molar refractivity (Wildman–Crippen MR) is 88.0 cm³/mol. The summed E-state index contributed by atoms with van der Waals surface area (Å²) in [7, 11) is -0.307. The van der Waals surface area contributed by atoms with Crippen molar-refractivity contribution in [3.63, 3.8) is 0 Å². The minimum Gasteiger partial charge on any atom is -0.489 e. The van der Waals surface area contributed by atoms with Crippen molar-refractivity contribution in [2.75, 3.05) is 18.1 Å². The lowest BCUT2D eigenvalue weighted by molar-refractivity contribution is 0.00578. The van der Waals surface area contributed by atoms with Crippen LogP contribution < -0.4 is 15.1 Å². The highest BCUT2D eigenvalue weighted by Gasteiger charge is 2.52. The Labute approximate surface area is 132 Å². The molecule has 1 aromatic rings. The zero-order valence-electron chi connectivity index (χ0n) is 13.9. The fourth-order valence-electron chi connectivity index (χ4n) is 3.52. The first-order chi connectivity index (χ1) is 10.4. The van der Waals surface area contributed by atoms with Gasteiger partial charge in [-0.15, -0.1) is 0 Å². The predicted octanol–water partition coefficient (Wildman–Crippen LogP) is 2.35. The van der Waals surface area contributed by atoms with Gasteiger partial charge < -0.3 is 18.9 Å². The van der Waals surface area contributed by atoms with Crippen LogP contribution in [0.1, 0.15) is 40.5 Å². The van der Waals surface area contributed by atoms with Gasteiger partial charge in [-0.3, -0.25) is 0 Å². The second-order valence-corrected chi connectivity index (χ2v) is 7.62. The van der Waals surface area contributed by atoms with Gasteiger partial charge in [-0.2, -0.15) is 0 Å². The summed E-state index contributed by atoms with van der Waals surface area (Å²) in [5.74, 6) is 0.985. The maximum Gasteiger partial charge on any atom is 0.494 e. The lowest BCUT2D eigenvalue weighted by Crippen LogP contribution is -2.41. The lowest BCUT2D eigenvalue weighted by atomic mass is 9.78. The fraction of sp³-hybridized carbons (Fsp3) is 0.647. The van der Waals surface area contributed by atoms with Crippen LogP contribution in [-0.2, 0) is 9.31 Å². The SMILES string of the molecule is CC1(C)OB(c2ccc3c(c2)N2CCCC2CO3)OC1(C)C. The fourth-order valence-corrected chi connectivity index (χ4v) is 3.52. The second-order valence-electron chi connectivity index (χ2n) is 7.62. The Morgan fingerprint density at radius 3 is 2.59 bits per heavy atom. The van der Waals surface area contributed by atoms with Gasteiger partial charge in [-0.05, 0) is 58.1 Å². The van der Waals surface area contributed by atoms with Crippen molar-refractivity contribution in [3.05, 3.63) is 18.2 Å². The van der Waals surface area contributed by atoms with Gasteiger partial charge in [0.2, 0.25) is 0 Å². The van der Waals surface area contributed by atoms with Crippen molar-refractivity contribution in [3.8, 4) is 5.75 Å². The quantitative estimate of drug-likeness (QED) is 0.745. The normalized spacial score (nSPS) is 28.3. The molecule has 5 heteroatoms. The van der Waals surface area contributed by atoms with Gasteiger partial charge in [0.15, 0.2) is 0 Å². The first kappa shape index (κ1) is 14.4. The standard InChI is InChI=1S/C17H24BNO3/c1-16(2)17(3,4)22-18(21-16)12-7-8-15-14(10-12)19-9-5-6-13(19)11-20-15/h7-8,10,13H,5-6,9,11H2,1-4H3. The average Bonchev–Trinajstić information content (AvgIpc) is 3.01. The van der Waals surface area contributed by atoms with Gasteiger partial charge in [-0.25, -0.2) is 0 Å². The highest BCUT2D eigenvalue weighted by Crippen LogP contribution is 2.39. The van der Waals surface area contributed by atoms with E-state index in [0.29, 0.717) is 6.04 Å². The van der Waals surface area contributed by atoms with Crippen LogP contribution in [-0.4, -0.2) is 37.5 Å². The van der Waals surface area contributed by atoms with E-state index in [1.54, 1.807) is 0 Å². The van der Waals surface area contributed by atoms with Crippen LogP contribution in [0.5, 0.6) is 5.75 Å². The molecule has 4 rings (SSSR count). The molecule has 2 saturated heterocycles. The molecule has 0 spiro atoms. The first-order valence-corrected chi connectivity index (χ1v) is 8.26. The number of nitrogens with zero attached hydrogens (tertiary/aromatic N) is 1. The summed E-state index contributed by atoms with van der Waals surface area (Å²) in [4.78, 5) is 2.48. The van der Waals surface area contributed by atoms with Crippen molar-refractivity contribution >= 4 is 18.3 Å². The van der Waals surface area contributed by atoms with Crippen molar-refractivity contribution in [1.82, 2.24) is 0 Å². The summed E-state index contributed by atoms with van der Waals surface area (Å²) in [5.41, 5.74) is 1.66. The van der Waals surface area contributed by atoms with Crippen LogP contribution in [0.4, 0.5) is 5.69 Å². The molecule has 0 amide bonds. The van der Waals surface area contributed by atoms with E-state index in [4.69, 9.17) is 14.0 Å². The summed E-state index contributed by atoms with van der Waals surface area (Å²) < 4.78 is 18.3. The number of hydrogen-bond acceptors (Lipinski definition) is 4. The Kier molecular flexibility index (Phi) is 3.04. The molecule has 22 heavy (non-hydrogen) atoms. The van der Waals surface area contributed by atoms with E-state index < -0.39 is 0 Å². The molecule has 1 aromatic carbocycles. The molecular weight excluding hydrogens is 277 g/mol. The minimum absolute atomic E-state index is 0.305. The average molecular weight is 301 g/mol. The zero-order valence-corrected chi connectivity index (χ0v) is 13.9. The number of benzene rings is 1. The molecule has 0 aliphatic carbocycles. The van der Waals surface area contributed by atoms with Crippen LogP contribution in [0.3, 0.4) is 0 Å². The van der Waals surface area contributed by atoms with E-state index in [9.17, 15) is 0 Å². The Morgan fingerprint density at radius 1 is 1.14 bits per heavy atom. The molecule has 0 radical (unpaired) electrons. The third-order valence-electron chi connectivity index (χ3n) is 5.63. The number of hydrogen-bond donors (Lipinski definition) is 0. The lowest BCUT2D eigenvalue weighted by Gasteiger charge is -2.34. The van der Waals surface area contributed by atoms with Crippen molar-refractivity contribution < 1.29 is 14.0 Å². The first-order valence-electron chi connectivity index (χ1n) is 8.26. The number of anilines is 1. The van der Waals surface area contributed by atoms with E-state index >= 15 is 0 Å². The number of rotatable bonds is 1. The Hall–Kier alpha value is -1.20. The van der Waals surface area contributed by atoms with E-state index in [2.05, 4.69) is 50.8 Å². The maximum absolute atomic E-state index is 6.17. The van der Waals surface area contributed by atoms with Crippen molar-refractivity contribution in [2.24, 2.45) is 0 Å². The van der Waals surface area contributed by atoms with Gasteiger partial charge in [0, 0.05) is 6.54 Å². The largest absolute Gasteiger partial charge is 0.494 e. The molecular formula is C17H24BNO3. The Balaban J connectivity index is 1.66. The molecule has 0 bridgehead atoms. The van der Waals surface area contributed by atoms with E-state index in [0.717, 1.165) is 24.4 Å². The van der Waals surface area contributed by atoms with Crippen LogP contribution in [0.15, 0.2) is 18.2 Å². The Bertz CT molecular complexity index is 586. The molecule has 3 aliphatic heterocycles. The van der Waals surface area contributed by atoms with Gasteiger partial charge >= 0.3 is 7.12 Å². The monoisotopic (exact) mass is 301 g/mol. The molecule has 3 heterocycles. The molecule has 118 valence electrons. The van der Waals surface area contributed by atoms with Gasteiger partial charge in [0.05, 0.1) is 22.9 Å². The smallest absolute Gasteiger partial charge is 0.489 e. The van der Waals surface area contributed by atoms with Gasteiger partial charge in [0.25, 0.3) is 0 Å².